The maximum atomic E-state index is 9.08. The summed E-state index contributed by atoms with van der Waals surface area (Å²) in [6.07, 6.45) is 5.72. The van der Waals surface area contributed by atoms with E-state index in [0.29, 0.717) is 12.1 Å². The van der Waals surface area contributed by atoms with Gasteiger partial charge in [-0.2, -0.15) is 5.26 Å². The lowest BCUT2D eigenvalue weighted by Crippen LogP contribution is -2.28. The first-order valence-electron chi connectivity index (χ1n) is 5.63. The first kappa shape index (κ1) is 11.9. The van der Waals surface area contributed by atoms with Crippen LogP contribution in [0, 0.1) is 16.9 Å². The van der Waals surface area contributed by atoms with E-state index in [1.54, 1.807) is 6.07 Å². The van der Waals surface area contributed by atoms with E-state index in [2.05, 4.69) is 0 Å². The number of nitrogens with one attached hydrogen (secondary N) is 1. The lowest BCUT2D eigenvalue weighted by molar-refractivity contribution is 0.557. The molecule has 0 spiro atoms. The Morgan fingerprint density at radius 1 is 1.28 bits per heavy atom. The largest absolute Gasteiger partial charge is 0.472 e. The Kier molecular flexibility index (Phi) is 3.77. The third-order valence-electron chi connectivity index (χ3n) is 2.65. The van der Waals surface area contributed by atoms with Crippen LogP contribution in [-0.2, 0) is 6.42 Å². The molecule has 4 heteroatoms. The van der Waals surface area contributed by atoms with E-state index < -0.39 is 0 Å². The predicted molar refractivity (Wildman–Crippen MR) is 68.0 cm³/mol. The molecule has 2 rings (SSSR count). The first-order chi connectivity index (χ1) is 8.81. The van der Waals surface area contributed by atoms with Crippen LogP contribution in [0.15, 0.2) is 53.3 Å². The van der Waals surface area contributed by atoms with Gasteiger partial charge in [-0.15, -0.1) is 0 Å². The van der Waals surface area contributed by atoms with Gasteiger partial charge in [-0.25, -0.2) is 0 Å². The van der Waals surface area contributed by atoms with E-state index in [1.807, 2.05) is 36.5 Å². The molecule has 0 unspecified atom stereocenters. The number of amidine groups is 1. The minimum absolute atomic E-state index is 0.169. The van der Waals surface area contributed by atoms with Crippen LogP contribution in [0.2, 0.25) is 0 Å². The molecule has 0 bridgehead atoms. The average Bonchev–Trinajstić information content (AvgIpc) is 2.94. The molecule has 1 heterocycles. The zero-order chi connectivity index (χ0) is 12.8. The number of hydrogen-bond donors (Lipinski definition) is 1. The average molecular weight is 239 g/mol. The molecule has 0 aliphatic carbocycles. The van der Waals surface area contributed by atoms with Crippen molar-refractivity contribution in [1.29, 1.82) is 10.7 Å². The van der Waals surface area contributed by atoms with Gasteiger partial charge in [0.25, 0.3) is 0 Å². The van der Waals surface area contributed by atoms with Crippen LogP contribution in [0.4, 0.5) is 0 Å². The second-order valence-electron chi connectivity index (χ2n) is 3.85. The molecule has 0 aliphatic heterocycles. The van der Waals surface area contributed by atoms with Crippen molar-refractivity contribution in [2.24, 2.45) is 0 Å². The summed E-state index contributed by atoms with van der Waals surface area (Å²) < 4.78 is 4.92. The number of nitriles is 1. The molecule has 0 fully saturated rings. The van der Waals surface area contributed by atoms with Crippen molar-refractivity contribution in [3.05, 3.63) is 60.1 Å². The summed E-state index contributed by atoms with van der Waals surface area (Å²) in [5.41, 5.74) is 1.77. The molecule has 1 aromatic heterocycles. The Morgan fingerprint density at radius 3 is 2.67 bits per heavy atom. The summed E-state index contributed by atoms with van der Waals surface area (Å²) in [4.78, 5) is 1.36. The molecule has 0 aliphatic rings. The van der Waals surface area contributed by atoms with Crippen molar-refractivity contribution in [1.82, 2.24) is 4.90 Å². The maximum absolute atomic E-state index is 9.08. The molecular formula is C14H13N3O. The van der Waals surface area contributed by atoms with Crippen LogP contribution in [0.25, 0.3) is 0 Å². The number of benzene rings is 1. The van der Waals surface area contributed by atoms with Crippen molar-refractivity contribution >= 4 is 5.84 Å². The minimum Gasteiger partial charge on any atom is -0.472 e. The minimum atomic E-state index is 0.169. The van der Waals surface area contributed by atoms with Crippen molar-refractivity contribution in [3.8, 4) is 6.19 Å². The molecule has 4 nitrogen and oxygen atoms in total. The van der Waals surface area contributed by atoms with Crippen molar-refractivity contribution in [3.63, 3.8) is 0 Å². The molecule has 2 aromatic rings. The fourth-order valence-corrected chi connectivity index (χ4v) is 1.65. The van der Waals surface area contributed by atoms with Crippen LogP contribution >= 0.6 is 0 Å². The zero-order valence-electron chi connectivity index (χ0n) is 9.84. The smallest absolute Gasteiger partial charge is 0.185 e. The fraction of sp³-hybridized carbons (Fsp3) is 0.143. The highest BCUT2D eigenvalue weighted by atomic mass is 16.3. The highest BCUT2D eigenvalue weighted by molar-refractivity contribution is 5.96. The van der Waals surface area contributed by atoms with Gasteiger partial charge < -0.3 is 4.42 Å². The van der Waals surface area contributed by atoms with Gasteiger partial charge in [0.15, 0.2) is 6.19 Å². The van der Waals surface area contributed by atoms with Gasteiger partial charge in [-0.3, -0.25) is 10.3 Å². The SMILES string of the molecule is N#CN(CCc1ccccc1)C(=N)c1ccoc1. The maximum Gasteiger partial charge on any atom is 0.185 e. The molecule has 1 N–H and O–H groups in total. The van der Waals surface area contributed by atoms with Crippen LogP contribution in [0.3, 0.4) is 0 Å². The fourth-order valence-electron chi connectivity index (χ4n) is 1.65. The zero-order valence-corrected chi connectivity index (χ0v) is 9.84. The van der Waals surface area contributed by atoms with E-state index in [9.17, 15) is 0 Å². The van der Waals surface area contributed by atoms with E-state index >= 15 is 0 Å². The van der Waals surface area contributed by atoms with Gasteiger partial charge in [0.2, 0.25) is 0 Å². The van der Waals surface area contributed by atoms with Gasteiger partial charge >= 0.3 is 0 Å². The second-order valence-corrected chi connectivity index (χ2v) is 3.85. The van der Waals surface area contributed by atoms with Crippen LogP contribution < -0.4 is 0 Å². The molecule has 0 saturated carbocycles. The highest BCUT2D eigenvalue weighted by Gasteiger charge is 2.12. The predicted octanol–water partition coefficient (Wildman–Crippen LogP) is 2.63. The third-order valence-corrected chi connectivity index (χ3v) is 2.65. The van der Waals surface area contributed by atoms with E-state index in [0.717, 1.165) is 12.0 Å². The summed E-state index contributed by atoms with van der Waals surface area (Å²) in [5.74, 6) is 0.169. The molecule has 0 saturated heterocycles. The summed E-state index contributed by atoms with van der Waals surface area (Å²) in [5, 5.41) is 17.0. The molecule has 0 atom stereocenters. The number of nitrogens with zero attached hydrogens (tertiary/aromatic N) is 2. The summed E-state index contributed by atoms with van der Waals surface area (Å²) in [6.45, 7) is 0.491. The normalized spacial score (nSPS) is 9.72. The molecular weight excluding hydrogens is 226 g/mol. The van der Waals surface area contributed by atoms with E-state index in [1.165, 1.54) is 17.4 Å². The molecule has 18 heavy (non-hydrogen) atoms. The van der Waals surface area contributed by atoms with Gasteiger partial charge in [0.1, 0.15) is 12.1 Å². The number of hydrogen-bond acceptors (Lipinski definition) is 3. The van der Waals surface area contributed by atoms with Gasteiger partial charge in [0.05, 0.1) is 11.8 Å². The number of furan rings is 1. The highest BCUT2D eigenvalue weighted by Crippen LogP contribution is 2.07. The molecule has 0 radical (unpaired) electrons. The Labute approximate surface area is 106 Å². The Balaban J connectivity index is 1.99. The lowest BCUT2D eigenvalue weighted by atomic mass is 10.1. The Morgan fingerprint density at radius 2 is 2.06 bits per heavy atom. The topological polar surface area (TPSA) is 64.0 Å². The molecule has 0 amide bonds. The van der Waals surface area contributed by atoms with Crippen LogP contribution in [-0.4, -0.2) is 17.3 Å². The first-order valence-corrected chi connectivity index (χ1v) is 5.63. The van der Waals surface area contributed by atoms with E-state index in [4.69, 9.17) is 15.1 Å². The number of rotatable bonds is 4. The summed E-state index contributed by atoms with van der Waals surface area (Å²) >= 11 is 0. The molecule has 90 valence electrons. The second kappa shape index (κ2) is 5.69. The quantitative estimate of drug-likeness (QED) is 0.386. The van der Waals surface area contributed by atoms with Crippen LogP contribution in [0.5, 0.6) is 0 Å². The third kappa shape index (κ3) is 2.77. The van der Waals surface area contributed by atoms with Crippen LogP contribution in [0.1, 0.15) is 11.1 Å². The standard InChI is InChI=1S/C14H13N3O/c15-11-17(14(16)13-7-9-18-10-13)8-6-12-4-2-1-3-5-12/h1-5,7,9-10,16H,6,8H2. The van der Waals surface area contributed by atoms with Crippen molar-refractivity contribution in [2.75, 3.05) is 6.54 Å². The van der Waals surface area contributed by atoms with Gasteiger partial charge in [0, 0.05) is 6.54 Å². The monoisotopic (exact) mass is 239 g/mol. The summed E-state index contributed by atoms with van der Waals surface area (Å²) in [6, 6.07) is 11.6. The van der Waals surface area contributed by atoms with E-state index in [-0.39, 0.29) is 5.84 Å². The van der Waals surface area contributed by atoms with Gasteiger partial charge in [-0.05, 0) is 18.1 Å². The van der Waals surface area contributed by atoms with Gasteiger partial charge in [-0.1, -0.05) is 30.3 Å². The van der Waals surface area contributed by atoms with Crippen molar-refractivity contribution in [2.45, 2.75) is 6.42 Å². The Bertz CT molecular complexity index is 540. The summed E-state index contributed by atoms with van der Waals surface area (Å²) in [7, 11) is 0. The molecule has 1 aromatic carbocycles. The van der Waals surface area contributed by atoms with Crippen molar-refractivity contribution < 1.29 is 4.42 Å². The Hall–Kier alpha value is -2.54. The lowest BCUT2D eigenvalue weighted by Gasteiger charge is -2.15.